The summed E-state index contributed by atoms with van der Waals surface area (Å²) >= 11 is 0. The molecule has 0 unspecified atom stereocenters. The standard InChI is InChI=1S/C46H32N2/c1-2-11-31(12-3-1)32-13-9-17-37(26-32)45-29-46(48-30-47-45)38-18-10-16-35(27-38)33-14-8-15-34(25-33)36-23-24-43-41-21-5-4-19-39(41)40-20-6-7-22-42(40)44(43)28-36/h2,4-30H,1,3H2. The molecule has 0 aliphatic heterocycles. The van der Waals surface area contributed by atoms with E-state index in [1.165, 1.54) is 60.1 Å². The van der Waals surface area contributed by atoms with Crippen molar-refractivity contribution in [2.24, 2.45) is 0 Å². The summed E-state index contributed by atoms with van der Waals surface area (Å²) in [6, 6.07) is 52.7. The summed E-state index contributed by atoms with van der Waals surface area (Å²) in [6.07, 6.45) is 10.7. The smallest absolute Gasteiger partial charge is 0.116 e. The van der Waals surface area contributed by atoms with Crippen molar-refractivity contribution in [2.45, 2.75) is 12.8 Å². The minimum Gasteiger partial charge on any atom is -0.236 e. The lowest BCUT2D eigenvalue weighted by Gasteiger charge is -2.13. The third-order valence-corrected chi connectivity index (χ3v) is 9.59. The summed E-state index contributed by atoms with van der Waals surface area (Å²) in [4.78, 5) is 9.34. The number of rotatable bonds is 5. The van der Waals surface area contributed by atoms with Gasteiger partial charge < -0.3 is 0 Å². The highest BCUT2D eigenvalue weighted by Crippen LogP contribution is 2.38. The summed E-state index contributed by atoms with van der Waals surface area (Å²) in [5, 5.41) is 7.75. The quantitative estimate of drug-likeness (QED) is 0.181. The predicted molar refractivity (Wildman–Crippen MR) is 203 cm³/mol. The highest BCUT2D eigenvalue weighted by Gasteiger charge is 2.12. The van der Waals surface area contributed by atoms with Gasteiger partial charge in [0, 0.05) is 11.1 Å². The Morgan fingerprint density at radius 1 is 0.354 bits per heavy atom. The predicted octanol–water partition coefficient (Wildman–Crippen LogP) is 12.3. The monoisotopic (exact) mass is 612 g/mol. The van der Waals surface area contributed by atoms with Crippen LogP contribution in [-0.4, -0.2) is 9.97 Å². The topological polar surface area (TPSA) is 25.8 Å². The van der Waals surface area contributed by atoms with Crippen LogP contribution in [0.15, 0.2) is 170 Å². The van der Waals surface area contributed by atoms with Crippen LogP contribution in [0.3, 0.4) is 0 Å². The van der Waals surface area contributed by atoms with Crippen LogP contribution in [0.5, 0.6) is 0 Å². The second-order valence-electron chi connectivity index (χ2n) is 12.5. The molecule has 0 bridgehead atoms. The van der Waals surface area contributed by atoms with Crippen molar-refractivity contribution in [3.8, 4) is 44.8 Å². The van der Waals surface area contributed by atoms with Gasteiger partial charge in [0.2, 0.25) is 0 Å². The first-order chi connectivity index (χ1) is 23.8. The summed E-state index contributed by atoms with van der Waals surface area (Å²) in [6.45, 7) is 0. The second kappa shape index (κ2) is 11.9. The maximum Gasteiger partial charge on any atom is 0.116 e. The van der Waals surface area contributed by atoms with E-state index in [1.54, 1.807) is 6.33 Å². The van der Waals surface area contributed by atoms with Crippen molar-refractivity contribution >= 4 is 37.9 Å². The number of nitrogens with zero attached hydrogens (tertiary/aromatic N) is 2. The zero-order valence-electron chi connectivity index (χ0n) is 26.5. The Balaban J connectivity index is 1.07. The van der Waals surface area contributed by atoms with Crippen LogP contribution in [0.2, 0.25) is 0 Å². The van der Waals surface area contributed by atoms with E-state index in [0.717, 1.165) is 40.9 Å². The van der Waals surface area contributed by atoms with Crippen molar-refractivity contribution in [3.63, 3.8) is 0 Å². The number of hydrogen-bond donors (Lipinski definition) is 0. The van der Waals surface area contributed by atoms with Crippen molar-refractivity contribution in [1.82, 2.24) is 9.97 Å². The highest BCUT2D eigenvalue weighted by atomic mass is 14.8. The Morgan fingerprint density at radius 2 is 0.833 bits per heavy atom. The lowest BCUT2D eigenvalue weighted by molar-refractivity contribution is 1.04. The first-order valence-corrected chi connectivity index (χ1v) is 16.6. The van der Waals surface area contributed by atoms with Crippen LogP contribution in [0.1, 0.15) is 18.4 Å². The van der Waals surface area contributed by atoms with Gasteiger partial charge in [-0.05, 0) is 109 Å². The van der Waals surface area contributed by atoms with Crippen molar-refractivity contribution < 1.29 is 0 Å². The Labute approximate surface area is 280 Å². The molecule has 0 amide bonds. The van der Waals surface area contributed by atoms with E-state index >= 15 is 0 Å². The third kappa shape index (κ3) is 5.09. The number of hydrogen-bond acceptors (Lipinski definition) is 2. The normalized spacial score (nSPS) is 12.9. The minimum absolute atomic E-state index is 0.911. The van der Waals surface area contributed by atoms with Crippen LogP contribution < -0.4 is 0 Å². The van der Waals surface area contributed by atoms with Gasteiger partial charge in [-0.2, -0.15) is 0 Å². The summed E-state index contributed by atoms with van der Waals surface area (Å²) in [5.74, 6) is 0. The first kappa shape index (κ1) is 28.1. The lowest BCUT2D eigenvalue weighted by atomic mass is 9.91. The molecule has 0 spiro atoms. The third-order valence-electron chi connectivity index (χ3n) is 9.59. The van der Waals surface area contributed by atoms with Crippen molar-refractivity contribution in [1.29, 1.82) is 0 Å². The van der Waals surface area contributed by atoms with Crippen LogP contribution in [0.25, 0.3) is 82.7 Å². The molecule has 0 radical (unpaired) electrons. The Kier molecular flexibility index (Phi) is 6.98. The first-order valence-electron chi connectivity index (χ1n) is 16.6. The molecule has 7 aromatic carbocycles. The van der Waals surface area contributed by atoms with Gasteiger partial charge in [-0.25, -0.2) is 9.97 Å². The molecule has 0 fully saturated rings. The summed E-state index contributed by atoms with van der Waals surface area (Å²) in [5.41, 5.74) is 11.2. The van der Waals surface area contributed by atoms with E-state index in [0.29, 0.717) is 0 Å². The SMILES string of the molecule is C1=CC(c2cccc(-c3cc(-c4cccc(-c5cccc(-c6ccc7c8ccccc8c8ccccc8c7c6)c5)c4)ncn3)c2)=CCC1. The molecule has 1 aliphatic carbocycles. The molecule has 0 saturated carbocycles. The molecule has 1 aliphatic rings. The molecule has 226 valence electrons. The Morgan fingerprint density at radius 3 is 1.42 bits per heavy atom. The van der Waals surface area contributed by atoms with E-state index in [1.807, 2.05) is 0 Å². The maximum atomic E-state index is 4.69. The Hall–Kier alpha value is -6.12. The highest BCUT2D eigenvalue weighted by molar-refractivity contribution is 6.25. The van der Waals surface area contributed by atoms with E-state index in [-0.39, 0.29) is 0 Å². The van der Waals surface area contributed by atoms with E-state index in [4.69, 9.17) is 0 Å². The van der Waals surface area contributed by atoms with Gasteiger partial charge in [-0.15, -0.1) is 0 Å². The average molecular weight is 613 g/mol. The molecule has 8 aromatic rings. The fourth-order valence-electron chi connectivity index (χ4n) is 7.18. The van der Waals surface area contributed by atoms with E-state index in [9.17, 15) is 0 Å². The van der Waals surface area contributed by atoms with Gasteiger partial charge >= 0.3 is 0 Å². The largest absolute Gasteiger partial charge is 0.236 e. The van der Waals surface area contributed by atoms with Gasteiger partial charge in [-0.1, -0.05) is 133 Å². The number of benzene rings is 7. The second-order valence-corrected chi connectivity index (χ2v) is 12.5. The molecule has 48 heavy (non-hydrogen) atoms. The van der Waals surface area contributed by atoms with Crippen LogP contribution >= 0.6 is 0 Å². The Bertz CT molecular complexity index is 2540. The van der Waals surface area contributed by atoms with Gasteiger partial charge in [0.15, 0.2) is 0 Å². The number of aromatic nitrogens is 2. The van der Waals surface area contributed by atoms with Gasteiger partial charge in [0.1, 0.15) is 6.33 Å². The lowest BCUT2D eigenvalue weighted by Crippen LogP contribution is -1.92. The number of fused-ring (bicyclic) bond motifs is 6. The fraction of sp³-hybridized carbons (Fsp3) is 0.0435. The van der Waals surface area contributed by atoms with Gasteiger partial charge in [-0.3, -0.25) is 0 Å². The summed E-state index contributed by atoms with van der Waals surface area (Å²) in [7, 11) is 0. The molecule has 1 aromatic heterocycles. The zero-order valence-corrected chi connectivity index (χ0v) is 26.5. The molecular formula is C46H32N2. The molecule has 2 heteroatoms. The molecular weight excluding hydrogens is 581 g/mol. The van der Waals surface area contributed by atoms with E-state index < -0.39 is 0 Å². The number of allylic oxidation sites excluding steroid dienone is 4. The molecule has 9 rings (SSSR count). The molecule has 0 atom stereocenters. The summed E-state index contributed by atoms with van der Waals surface area (Å²) < 4.78 is 0. The molecule has 1 heterocycles. The fourth-order valence-corrected chi connectivity index (χ4v) is 7.18. The minimum atomic E-state index is 0.911. The van der Waals surface area contributed by atoms with Crippen LogP contribution in [0, 0.1) is 0 Å². The molecule has 0 N–H and O–H groups in total. The van der Waals surface area contributed by atoms with Crippen molar-refractivity contribution in [2.75, 3.05) is 0 Å². The van der Waals surface area contributed by atoms with Gasteiger partial charge in [0.25, 0.3) is 0 Å². The average Bonchev–Trinajstić information content (AvgIpc) is 3.18. The van der Waals surface area contributed by atoms with Crippen LogP contribution in [0.4, 0.5) is 0 Å². The van der Waals surface area contributed by atoms with Crippen LogP contribution in [-0.2, 0) is 0 Å². The maximum absolute atomic E-state index is 4.69. The van der Waals surface area contributed by atoms with E-state index in [2.05, 4.69) is 174 Å². The zero-order chi connectivity index (χ0) is 31.9. The molecule has 2 nitrogen and oxygen atoms in total. The van der Waals surface area contributed by atoms with Crippen molar-refractivity contribution in [3.05, 3.63) is 176 Å². The molecule has 0 saturated heterocycles. The van der Waals surface area contributed by atoms with Gasteiger partial charge in [0.05, 0.1) is 11.4 Å².